The molecule has 3 N–H and O–H groups in total. The van der Waals surface area contributed by atoms with Gasteiger partial charge in [-0.15, -0.1) is 0 Å². The zero-order valence-electron chi connectivity index (χ0n) is 11.0. The van der Waals surface area contributed by atoms with E-state index >= 15 is 0 Å². The van der Waals surface area contributed by atoms with Crippen molar-refractivity contribution in [2.75, 3.05) is 11.5 Å². The Bertz CT molecular complexity index is 776. The Kier molecular flexibility index (Phi) is 3.27. The number of aromatic amines is 1. The summed E-state index contributed by atoms with van der Waals surface area (Å²) in [6, 6.07) is 5.40. The average molecular weight is 289 g/mol. The number of imidazole rings is 2. The first-order valence-corrected chi connectivity index (χ1v) is 7.57. The number of aromatic nitrogens is 4. The average Bonchev–Trinajstić information content (AvgIpc) is 3.01. The third kappa shape index (κ3) is 2.44. The van der Waals surface area contributed by atoms with Gasteiger partial charge in [0.2, 0.25) is 0 Å². The van der Waals surface area contributed by atoms with Crippen molar-refractivity contribution in [3.8, 4) is 0 Å². The fraction of sp³-hybridized carbons (Fsp3) is 0.231. The molecule has 0 radical (unpaired) electrons. The molecule has 0 saturated heterocycles. The first-order chi connectivity index (χ1) is 9.63. The van der Waals surface area contributed by atoms with Crippen LogP contribution in [0.15, 0.2) is 35.7 Å². The van der Waals surface area contributed by atoms with Gasteiger partial charge in [-0.3, -0.25) is 4.21 Å². The quantitative estimate of drug-likeness (QED) is 0.711. The number of fused-ring (bicyclic) bond motifs is 1. The molecule has 2 aromatic heterocycles. The van der Waals surface area contributed by atoms with Crippen molar-refractivity contribution in [1.29, 1.82) is 0 Å². The number of benzene rings is 1. The van der Waals surface area contributed by atoms with E-state index in [-0.39, 0.29) is 0 Å². The van der Waals surface area contributed by atoms with Crippen LogP contribution < -0.4 is 5.73 Å². The molecule has 0 amide bonds. The number of anilines is 1. The predicted molar refractivity (Wildman–Crippen MR) is 78.7 cm³/mol. The van der Waals surface area contributed by atoms with Crippen LogP contribution in [0.1, 0.15) is 5.82 Å². The first-order valence-electron chi connectivity index (χ1n) is 6.25. The molecule has 0 bridgehead atoms. The van der Waals surface area contributed by atoms with Crippen LogP contribution in [-0.4, -0.2) is 29.5 Å². The molecule has 0 aliphatic heterocycles. The van der Waals surface area contributed by atoms with Crippen LogP contribution in [0.25, 0.3) is 11.0 Å². The van der Waals surface area contributed by atoms with Crippen LogP contribution in [0.2, 0.25) is 0 Å². The minimum atomic E-state index is -1.17. The molecule has 2 heterocycles. The van der Waals surface area contributed by atoms with Crippen molar-refractivity contribution in [1.82, 2.24) is 19.5 Å². The third-order valence-electron chi connectivity index (χ3n) is 3.14. The minimum absolute atomic E-state index is 0.489. The highest BCUT2D eigenvalue weighted by atomic mass is 32.2. The number of aryl methyl sites for hydroxylation is 2. The summed E-state index contributed by atoms with van der Waals surface area (Å²) in [7, 11) is -1.17. The van der Waals surface area contributed by atoms with Gasteiger partial charge in [-0.2, -0.15) is 0 Å². The Balaban J connectivity index is 1.77. The highest BCUT2D eigenvalue weighted by molar-refractivity contribution is 7.84. The lowest BCUT2D eigenvalue weighted by atomic mass is 10.3. The first kappa shape index (κ1) is 12.9. The molecule has 20 heavy (non-hydrogen) atoms. The number of nitrogen functional groups attached to an aromatic ring is 1. The Labute approximate surface area is 118 Å². The summed E-state index contributed by atoms with van der Waals surface area (Å²) in [5.41, 5.74) is 7.97. The van der Waals surface area contributed by atoms with E-state index in [2.05, 4.69) is 15.0 Å². The van der Waals surface area contributed by atoms with Gasteiger partial charge in [-0.25, -0.2) is 9.97 Å². The van der Waals surface area contributed by atoms with E-state index in [0.29, 0.717) is 23.1 Å². The molecule has 3 aromatic rings. The van der Waals surface area contributed by atoms with Crippen molar-refractivity contribution < 1.29 is 4.21 Å². The largest absolute Gasteiger partial charge is 0.399 e. The molecular formula is C13H15N5OS. The lowest BCUT2D eigenvalue weighted by molar-refractivity contribution is 0.665. The zero-order chi connectivity index (χ0) is 14.1. The number of H-pyrrole nitrogens is 1. The lowest BCUT2D eigenvalue weighted by Crippen LogP contribution is -2.09. The third-order valence-corrected chi connectivity index (χ3v) is 4.32. The number of hydrogen-bond donors (Lipinski definition) is 2. The van der Waals surface area contributed by atoms with Gasteiger partial charge in [0.05, 0.1) is 21.8 Å². The Hall–Kier alpha value is -2.15. The van der Waals surface area contributed by atoms with Crippen molar-refractivity contribution in [2.45, 2.75) is 18.6 Å². The number of nitrogens with zero attached hydrogens (tertiary/aromatic N) is 3. The van der Waals surface area contributed by atoms with Crippen molar-refractivity contribution in [3.05, 3.63) is 36.4 Å². The molecule has 1 aromatic carbocycles. The predicted octanol–water partition coefficient (Wildman–Crippen LogP) is 1.46. The molecule has 3 rings (SSSR count). The van der Waals surface area contributed by atoms with Gasteiger partial charge < -0.3 is 15.3 Å². The molecule has 6 nitrogen and oxygen atoms in total. The van der Waals surface area contributed by atoms with Crippen molar-refractivity contribution >= 4 is 27.5 Å². The van der Waals surface area contributed by atoms with Crippen LogP contribution in [0, 0.1) is 6.92 Å². The molecule has 0 fully saturated rings. The SMILES string of the molecule is Cc1nccn1CCS(=O)c1nc2ccc(N)cc2[nH]1. The van der Waals surface area contributed by atoms with E-state index in [4.69, 9.17) is 5.73 Å². The fourth-order valence-corrected chi connectivity index (χ4v) is 3.01. The monoisotopic (exact) mass is 289 g/mol. The topological polar surface area (TPSA) is 89.6 Å². The van der Waals surface area contributed by atoms with Gasteiger partial charge in [0.25, 0.3) is 0 Å². The smallest absolute Gasteiger partial charge is 0.197 e. The summed E-state index contributed by atoms with van der Waals surface area (Å²) >= 11 is 0. The summed E-state index contributed by atoms with van der Waals surface area (Å²) < 4.78 is 14.2. The van der Waals surface area contributed by atoms with Gasteiger partial charge >= 0.3 is 0 Å². The maximum atomic E-state index is 12.3. The molecule has 1 atom stereocenters. The molecule has 104 valence electrons. The number of nitrogens with one attached hydrogen (secondary N) is 1. The van der Waals surface area contributed by atoms with Crippen LogP contribution in [-0.2, 0) is 17.3 Å². The summed E-state index contributed by atoms with van der Waals surface area (Å²) in [6.07, 6.45) is 3.62. The summed E-state index contributed by atoms with van der Waals surface area (Å²) in [5, 5.41) is 0.489. The van der Waals surface area contributed by atoms with Gasteiger partial charge in [0.15, 0.2) is 5.16 Å². The second-order valence-electron chi connectivity index (χ2n) is 4.54. The van der Waals surface area contributed by atoms with Crippen LogP contribution in [0.3, 0.4) is 0 Å². The highest BCUT2D eigenvalue weighted by Crippen LogP contribution is 2.16. The Morgan fingerprint density at radius 2 is 2.30 bits per heavy atom. The number of rotatable bonds is 4. The van der Waals surface area contributed by atoms with Crippen molar-refractivity contribution in [3.63, 3.8) is 0 Å². The summed E-state index contributed by atoms with van der Waals surface area (Å²) in [4.78, 5) is 11.5. The normalized spacial score (nSPS) is 12.8. The second-order valence-corrected chi connectivity index (χ2v) is 6.02. The second kappa shape index (κ2) is 5.09. The van der Waals surface area contributed by atoms with E-state index in [1.165, 1.54) is 0 Å². The van der Waals surface area contributed by atoms with E-state index in [0.717, 1.165) is 16.9 Å². The van der Waals surface area contributed by atoms with Crippen LogP contribution in [0.5, 0.6) is 0 Å². The van der Waals surface area contributed by atoms with Gasteiger partial charge in [-0.1, -0.05) is 0 Å². The number of nitrogens with two attached hydrogens (primary N) is 1. The molecule has 0 spiro atoms. The Morgan fingerprint density at radius 1 is 1.45 bits per heavy atom. The molecule has 0 aliphatic carbocycles. The Morgan fingerprint density at radius 3 is 3.05 bits per heavy atom. The van der Waals surface area contributed by atoms with E-state index in [9.17, 15) is 4.21 Å². The maximum absolute atomic E-state index is 12.3. The molecule has 1 unspecified atom stereocenters. The molecule has 7 heteroatoms. The summed E-state index contributed by atoms with van der Waals surface area (Å²) in [5.74, 6) is 1.41. The van der Waals surface area contributed by atoms with Gasteiger partial charge in [0, 0.05) is 30.4 Å². The van der Waals surface area contributed by atoms with Crippen molar-refractivity contribution in [2.24, 2.45) is 0 Å². The van der Waals surface area contributed by atoms with Crippen LogP contribution in [0.4, 0.5) is 5.69 Å². The lowest BCUT2D eigenvalue weighted by Gasteiger charge is -2.03. The van der Waals surface area contributed by atoms with E-state index in [1.54, 1.807) is 18.3 Å². The molecular weight excluding hydrogens is 274 g/mol. The minimum Gasteiger partial charge on any atom is -0.399 e. The van der Waals surface area contributed by atoms with Crippen LogP contribution >= 0.6 is 0 Å². The van der Waals surface area contributed by atoms with E-state index in [1.807, 2.05) is 23.8 Å². The molecule has 0 saturated carbocycles. The fourth-order valence-electron chi connectivity index (χ4n) is 2.03. The van der Waals surface area contributed by atoms with Gasteiger partial charge in [0.1, 0.15) is 5.82 Å². The highest BCUT2D eigenvalue weighted by Gasteiger charge is 2.10. The van der Waals surface area contributed by atoms with E-state index < -0.39 is 10.8 Å². The number of hydrogen-bond acceptors (Lipinski definition) is 4. The summed E-state index contributed by atoms with van der Waals surface area (Å²) in [6.45, 7) is 2.57. The zero-order valence-corrected chi connectivity index (χ0v) is 11.9. The standard InChI is InChI=1S/C13H15N5OS/c1-9-15-4-5-18(9)6-7-20(19)13-16-11-3-2-10(14)8-12(11)17-13/h2-5,8H,6-7,14H2,1H3,(H,16,17). The maximum Gasteiger partial charge on any atom is 0.197 e. The van der Waals surface area contributed by atoms with Gasteiger partial charge in [-0.05, 0) is 25.1 Å². The molecule has 0 aliphatic rings.